The number of hydrogen-bond donors (Lipinski definition) is 1. The molecule has 1 atom stereocenters. The Labute approximate surface area is 121 Å². The van der Waals surface area contributed by atoms with Gasteiger partial charge in [0.1, 0.15) is 0 Å². The van der Waals surface area contributed by atoms with Crippen LogP contribution in [0.15, 0.2) is 29.2 Å². The molecule has 1 aromatic rings. The van der Waals surface area contributed by atoms with E-state index in [9.17, 15) is 0 Å². The maximum absolute atomic E-state index is 5.44. The van der Waals surface area contributed by atoms with Crippen molar-refractivity contribution in [3.05, 3.63) is 29.8 Å². The first-order chi connectivity index (χ1) is 9.27. The van der Waals surface area contributed by atoms with E-state index >= 15 is 0 Å². The Morgan fingerprint density at radius 3 is 2.84 bits per heavy atom. The van der Waals surface area contributed by atoms with Crippen LogP contribution in [0.5, 0.6) is 0 Å². The molecule has 0 saturated heterocycles. The molecule has 3 nitrogen and oxygen atoms in total. The monoisotopic (exact) mass is 283 g/mol. The van der Waals surface area contributed by atoms with Gasteiger partial charge in [-0.05, 0) is 38.1 Å². The summed E-state index contributed by atoms with van der Waals surface area (Å²) in [5.41, 5.74) is 1.34. The molecule has 0 spiro atoms. The summed E-state index contributed by atoms with van der Waals surface area (Å²) in [5, 5.41) is 3.26. The second-order valence-corrected chi connectivity index (χ2v) is 5.56. The van der Waals surface area contributed by atoms with Gasteiger partial charge in [0.05, 0.1) is 13.2 Å². The van der Waals surface area contributed by atoms with Crippen LogP contribution in [0.2, 0.25) is 0 Å². The second kappa shape index (κ2) is 10.3. The van der Waals surface area contributed by atoms with Crippen molar-refractivity contribution < 1.29 is 9.47 Å². The van der Waals surface area contributed by atoms with E-state index in [4.69, 9.17) is 9.47 Å². The van der Waals surface area contributed by atoms with Gasteiger partial charge in [-0.3, -0.25) is 0 Å². The minimum atomic E-state index is 0.401. The predicted octanol–water partition coefficient (Wildman–Crippen LogP) is 3.11. The van der Waals surface area contributed by atoms with Crippen LogP contribution in [0.4, 0.5) is 0 Å². The average Bonchev–Trinajstić information content (AvgIpc) is 2.46. The number of benzene rings is 1. The van der Waals surface area contributed by atoms with Gasteiger partial charge in [-0.15, -0.1) is 11.8 Å². The minimum absolute atomic E-state index is 0.401. The summed E-state index contributed by atoms with van der Waals surface area (Å²) in [4.78, 5) is 1.33. The quantitative estimate of drug-likeness (QED) is 0.528. The maximum Gasteiger partial charge on any atom is 0.0700 e. The molecule has 1 rings (SSSR count). The molecule has 0 bridgehead atoms. The first-order valence-electron chi connectivity index (χ1n) is 6.74. The van der Waals surface area contributed by atoms with Crippen molar-refractivity contribution in [1.29, 1.82) is 0 Å². The predicted molar refractivity (Wildman–Crippen MR) is 82.0 cm³/mol. The SMILES string of the molecule is CNC(C)c1cccc(SCCCOCCOC)c1. The molecule has 0 aliphatic rings. The topological polar surface area (TPSA) is 30.5 Å². The Bertz CT molecular complexity index is 347. The van der Waals surface area contributed by atoms with Crippen LogP contribution in [0, 0.1) is 0 Å². The molecule has 0 aromatic heterocycles. The molecule has 0 heterocycles. The zero-order valence-electron chi connectivity index (χ0n) is 12.1. The minimum Gasteiger partial charge on any atom is -0.382 e. The highest BCUT2D eigenvalue weighted by molar-refractivity contribution is 7.99. The number of nitrogens with one attached hydrogen (secondary N) is 1. The summed E-state index contributed by atoms with van der Waals surface area (Å²) in [5.74, 6) is 1.09. The number of thioether (sulfide) groups is 1. The molecule has 0 aliphatic carbocycles. The van der Waals surface area contributed by atoms with Crippen molar-refractivity contribution >= 4 is 11.8 Å². The summed E-state index contributed by atoms with van der Waals surface area (Å²) in [6.07, 6.45) is 1.07. The second-order valence-electron chi connectivity index (χ2n) is 4.39. The molecule has 0 aliphatic heterocycles. The molecule has 0 saturated carbocycles. The van der Waals surface area contributed by atoms with E-state index in [2.05, 4.69) is 36.5 Å². The molecular formula is C15H25NO2S. The van der Waals surface area contributed by atoms with Crippen LogP contribution in [0.25, 0.3) is 0 Å². The highest BCUT2D eigenvalue weighted by Crippen LogP contribution is 2.22. The summed E-state index contributed by atoms with van der Waals surface area (Å²) in [7, 11) is 3.68. The zero-order valence-corrected chi connectivity index (χ0v) is 13.0. The number of hydrogen-bond acceptors (Lipinski definition) is 4. The van der Waals surface area contributed by atoms with E-state index < -0.39 is 0 Å². The summed E-state index contributed by atoms with van der Waals surface area (Å²) in [6, 6.07) is 9.12. The molecule has 1 unspecified atom stereocenters. The lowest BCUT2D eigenvalue weighted by molar-refractivity contribution is 0.0713. The first-order valence-corrected chi connectivity index (χ1v) is 7.73. The molecular weight excluding hydrogens is 258 g/mol. The normalized spacial score (nSPS) is 12.6. The highest BCUT2D eigenvalue weighted by Gasteiger charge is 2.03. The van der Waals surface area contributed by atoms with E-state index in [-0.39, 0.29) is 0 Å². The van der Waals surface area contributed by atoms with Crippen LogP contribution >= 0.6 is 11.8 Å². The van der Waals surface area contributed by atoms with Gasteiger partial charge in [0.2, 0.25) is 0 Å². The van der Waals surface area contributed by atoms with Gasteiger partial charge in [0.15, 0.2) is 0 Å². The molecule has 0 radical (unpaired) electrons. The number of methoxy groups -OCH3 is 1. The van der Waals surface area contributed by atoms with Gasteiger partial charge < -0.3 is 14.8 Å². The Balaban J connectivity index is 2.22. The standard InChI is InChI=1S/C15H25NO2S/c1-13(16-2)14-6-4-7-15(12-14)19-11-5-8-18-10-9-17-3/h4,6-7,12-13,16H,5,8-11H2,1-3H3. The Kier molecular flexibility index (Phi) is 8.91. The van der Waals surface area contributed by atoms with Crippen molar-refractivity contribution in [3.8, 4) is 0 Å². The van der Waals surface area contributed by atoms with Crippen LogP contribution in [0.1, 0.15) is 24.9 Å². The van der Waals surface area contributed by atoms with Crippen molar-refractivity contribution in [2.75, 3.05) is 39.7 Å². The first kappa shape index (κ1) is 16.5. The fourth-order valence-corrected chi connectivity index (χ4v) is 2.53. The Morgan fingerprint density at radius 2 is 2.11 bits per heavy atom. The van der Waals surface area contributed by atoms with Gasteiger partial charge in [-0.1, -0.05) is 12.1 Å². The van der Waals surface area contributed by atoms with Crippen LogP contribution in [-0.2, 0) is 9.47 Å². The van der Waals surface area contributed by atoms with Crippen LogP contribution < -0.4 is 5.32 Å². The Morgan fingerprint density at radius 1 is 1.26 bits per heavy atom. The van der Waals surface area contributed by atoms with Gasteiger partial charge in [-0.25, -0.2) is 0 Å². The highest BCUT2D eigenvalue weighted by atomic mass is 32.2. The number of ether oxygens (including phenoxy) is 2. The van der Waals surface area contributed by atoms with Crippen LogP contribution in [0.3, 0.4) is 0 Å². The molecule has 19 heavy (non-hydrogen) atoms. The Hall–Kier alpha value is -0.550. The van der Waals surface area contributed by atoms with Gasteiger partial charge >= 0.3 is 0 Å². The molecule has 4 heteroatoms. The summed E-state index contributed by atoms with van der Waals surface area (Å²) < 4.78 is 10.4. The van der Waals surface area contributed by atoms with Gasteiger partial charge in [-0.2, -0.15) is 0 Å². The zero-order chi connectivity index (χ0) is 13.9. The van der Waals surface area contributed by atoms with E-state index in [1.807, 2.05) is 18.8 Å². The van der Waals surface area contributed by atoms with Crippen molar-refractivity contribution in [3.63, 3.8) is 0 Å². The van der Waals surface area contributed by atoms with E-state index in [0.717, 1.165) is 18.8 Å². The lowest BCUT2D eigenvalue weighted by atomic mass is 10.1. The van der Waals surface area contributed by atoms with Gasteiger partial charge in [0, 0.05) is 30.4 Å². The third-order valence-electron chi connectivity index (χ3n) is 2.92. The summed E-state index contributed by atoms with van der Waals surface area (Å²) >= 11 is 1.89. The summed E-state index contributed by atoms with van der Waals surface area (Å²) in [6.45, 7) is 4.35. The third kappa shape index (κ3) is 6.97. The molecule has 1 aromatic carbocycles. The molecule has 108 valence electrons. The van der Waals surface area contributed by atoms with Crippen molar-refractivity contribution in [2.45, 2.75) is 24.3 Å². The largest absolute Gasteiger partial charge is 0.382 e. The van der Waals surface area contributed by atoms with E-state index in [1.165, 1.54) is 10.5 Å². The third-order valence-corrected chi connectivity index (χ3v) is 4.00. The molecule has 0 fully saturated rings. The fourth-order valence-electron chi connectivity index (χ4n) is 1.64. The van der Waals surface area contributed by atoms with Crippen molar-refractivity contribution in [2.24, 2.45) is 0 Å². The lowest BCUT2D eigenvalue weighted by Gasteiger charge is -2.11. The molecule has 1 N–H and O–H groups in total. The molecule has 0 amide bonds. The van der Waals surface area contributed by atoms with E-state index in [0.29, 0.717) is 19.3 Å². The fraction of sp³-hybridized carbons (Fsp3) is 0.600. The maximum atomic E-state index is 5.44. The number of rotatable bonds is 10. The van der Waals surface area contributed by atoms with E-state index in [1.54, 1.807) is 7.11 Å². The van der Waals surface area contributed by atoms with Crippen molar-refractivity contribution in [1.82, 2.24) is 5.32 Å². The van der Waals surface area contributed by atoms with Crippen LogP contribution in [-0.4, -0.2) is 39.7 Å². The smallest absolute Gasteiger partial charge is 0.0700 e. The van der Waals surface area contributed by atoms with Gasteiger partial charge in [0.25, 0.3) is 0 Å². The lowest BCUT2D eigenvalue weighted by Crippen LogP contribution is -2.12. The average molecular weight is 283 g/mol.